The summed E-state index contributed by atoms with van der Waals surface area (Å²) in [4.78, 5) is 12.0. The summed E-state index contributed by atoms with van der Waals surface area (Å²) in [5.74, 6) is -0.870. The number of hydrogen-bond acceptors (Lipinski definition) is 5. The molecule has 0 aliphatic rings. The maximum atomic E-state index is 12.7. The minimum atomic E-state index is -4.42. The molecule has 0 aliphatic carbocycles. The summed E-state index contributed by atoms with van der Waals surface area (Å²) in [6, 6.07) is 9.03. The molecule has 0 fully saturated rings. The number of nitrogens with one attached hydrogen (secondary N) is 1. The normalized spacial score (nSPS) is 11.4. The van der Waals surface area contributed by atoms with Crippen LogP contribution in [0, 0.1) is 0 Å². The highest BCUT2D eigenvalue weighted by molar-refractivity contribution is 5.95. The molecule has 2 aromatic carbocycles. The Labute approximate surface area is 151 Å². The van der Waals surface area contributed by atoms with Crippen LogP contribution in [-0.4, -0.2) is 33.1 Å². The first-order valence-corrected chi connectivity index (χ1v) is 7.90. The van der Waals surface area contributed by atoms with Gasteiger partial charge in [0.1, 0.15) is 11.4 Å². The second-order valence-electron chi connectivity index (χ2n) is 5.55. The highest BCUT2D eigenvalue weighted by Gasteiger charge is 2.30. The number of ether oxygens (including phenoxy) is 1. The SMILES string of the molecule is CCOC(=O)c1n[nH]nc1-c1cc(-c2ccc(C(F)(F)F)cc2)ccc1O. The molecule has 0 radical (unpaired) electrons. The lowest BCUT2D eigenvalue weighted by Crippen LogP contribution is -2.06. The van der Waals surface area contributed by atoms with Gasteiger partial charge in [0.15, 0.2) is 5.69 Å². The third-order valence-corrected chi connectivity index (χ3v) is 3.81. The Morgan fingerprint density at radius 3 is 2.41 bits per heavy atom. The molecule has 0 amide bonds. The van der Waals surface area contributed by atoms with Crippen LogP contribution < -0.4 is 0 Å². The van der Waals surface area contributed by atoms with Crippen molar-refractivity contribution in [1.29, 1.82) is 0 Å². The number of carbonyl (C=O) groups excluding carboxylic acids is 1. The number of H-pyrrole nitrogens is 1. The Bertz CT molecular complexity index is 966. The average Bonchev–Trinajstić information content (AvgIpc) is 3.11. The number of aromatic hydroxyl groups is 1. The van der Waals surface area contributed by atoms with Crippen molar-refractivity contribution >= 4 is 5.97 Å². The molecule has 2 N–H and O–H groups in total. The Balaban J connectivity index is 2.01. The molecule has 0 atom stereocenters. The lowest BCUT2D eigenvalue weighted by Gasteiger charge is -2.10. The third-order valence-electron chi connectivity index (χ3n) is 3.81. The molecule has 6 nitrogen and oxygen atoms in total. The van der Waals surface area contributed by atoms with Gasteiger partial charge in [0.2, 0.25) is 0 Å². The Morgan fingerprint density at radius 2 is 1.78 bits per heavy atom. The fraction of sp³-hybridized carbons (Fsp3) is 0.167. The van der Waals surface area contributed by atoms with Crippen LogP contribution in [-0.2, 0) is 10.9 Å². The lowest BCUT2D eigenvalue weighted by atomic mass is 9.99. The van der Waals surface area contributed by atoms with Crippen molar-refractivity contribution in [3.8, 4) is 28.1 Å². The third kappa shape index (κ3) is 3.76. The van der Waals surface area contributed by atoms with Crippen LogP contribution in [0.3, 0.4) is 0 Å². The van der Waals surface area contributed by atoms with E-state index in [1.54, 1.807) is 13.0 Å². The van der Waals surface area contributed by atoms with Gasteiger partial charge in [-0.2, -0.15) is 23.5 Å². The zero-order valence-corrected chi connectivity index (χ0v) is 14.0. The van der Waals surface area contributed by atoms with Crippen molar-refractivity contribution < 1.29 is 27.8 Å². The van der Waals surface area contributed by atoms with E-state index in [1.807, 2.05) is 0 Å². The second kappa shape index (κ2) is 7.10. The number of benzene rings is 2. The number of carbonyl (C=O) groups is 1. The number of phenolic OH excluding ortho intramolecular Hbond substituents is 1. The maximum absolute atomic E-state index is 12.7. The van der Waals surface area contributed by atoms with Gasteiger partial charge >= 0.3 is 12.1 Å². The number of aromatic nitrogens is 3. The summed E-state index contributed by atoms with van der Waals surface area (Å²) in [5, 5.41) is 20.1. The van der Waals surface area contributed by atoms with E-state index in [-0.39, 0.29) is 29.3 Å². The van der Waals surface area contributed by atoms with Gasteiger partial charge in [-0.3, -0.25) is 0 Å². The van der Waals surface area contributed by atoms with Gasteiger partial charge in [-0.1, -0.05) is 18.2 Å². The predicted molar refractivity (Wildman–Crippen MR) is 89.9 cm³/mol. The van der Waals surface area contributed by atoms with E-state index in [0.29, 0.717) is 11.1 Å². The zero-order chi connectivity index (χ0) is 19.6. The quantitative estimate of drug-likeness (QED) is 0.670. The van der Waals surface area contributed by atoms with E-state index in [2.05, 4.69) is 15.4 Å². The number of nitrogens with zero attached hydrogens (tertiary/aromatic N) is 2. The van der Waals surface area contributed by atoms with Crippen molar-refractivity contribution in [2.75, 3.05) is 6.61 Å². The fourth-order valence-corrected chi connectivity index (χ4v) is 2.52. The number of hydrogen-bond donors (Lipinski definition) is 2. The molecule has 3 aromatic rings. The van der Waals surface area contributed by atoms with Crippen LogP contribution in [0.4, 0.5) is 13.2 Å². The fourth-order valence-electron chi connectivity index (χ4n) is 2.52. The first-order valence-electron chi connectivity index (χ1n) is 7.90. The number of halogens is 3. The van der Waals surface area contributed by atoms with Gasteiger partial charge in [0, 0.05) is 5.56 Å². The molecule has 3 rings (SSSR count). The molecule has 0 unspecified atom stereocenters. The highest BCUT2D eigenvalue weighted by atomic mass is 19.4. The first-order chi connectivity index (χ1) is 12.8. The van der Waals surface area contributed by atoms with Crippen LogP contribution >= 0.6 is 0 Å². The molecular weight excluding hydrogens is 363 g/mol. The Kier molecular flexibility index (Phi) is 4.85. The van der Waals surface area contributed by atoms with Gasteiger partial charge in [-0.15, -0.1) is 5.10 Å². The number of rotatable bonds is 4. The topological polar surface area (TPSA) is 88.1 Å². The van der Waals surface area contributed by atoms with Crippen molar-refractivity contribution in [3.63, 3.8) is 0 Å². The molecule has 9 heteroatoms. The van der Waals surface area contributed by atoms with Crippen molar-refractivity contribution in [2.24, 2.45) is 0 Å². The Morgan fingerprint density at radius 1 is 1.11 bits per heavy atom. The van der Waals surface area contributed by atoms with E-state index >= 15 is 0 Å². The van der Waals surface area contributed by atoms with Crippen LogP contribution in [0.2, 0.25) is 0 Å². The molecule has 0 spiro atoms. The largest absolute Gasteiger partial charge is 0.507 e. The standard InChI is InChI=1S/C18H14F3N3O3/c1-2-27-17(26)16-15(22-24-23-16)13-9-11(5-8-14(13)25)10-3-6-12(7-4-10)18(19,20)21/h3-9,25H,2H2,1H3,(H,22,23,24). The summed E-state index contributed by atoms with van der Waals surface area (Å²) in [7, 11) is 0. The van der Waals surface area contributed by atoms with E-state index in [9.17, 15) is 23.1 Å². The van der Waals surface area contributed by atoms with Crippen molar-refractivity contribution in [2.45, 2.75) is 13.1 Å². The van der Waals surface area contributed by atoms with E-state index in [4.69, 9.17) is 4.74 Å². The molecule has 0 aliphatic heterocycles. The molecule has 0 saturated heterocycles. The molecule has 0 bridgehead atoms. The van der Waals surface area contributed by atoms with Crippen LogP contribution in [0.15, 0.2) is 42.5 Å². The second-order valence-corrected chi connectivity index (χ2v) is 5.55. The van der Waals surface area contributed by atoms with Gasteiger partial charge in [-0.25, -0.2) is 4.79 Å². The van der Waals surface area contributed by atoms with Gasteiger partial charge in [0.25, 0.3) is 0 Å². The lowest BCUT2D eigenvalue weighted by molar-refractivity contribution is -0.137. The monoisotopic (exact) mass is 377 g/mol. The van der Waals surface area contributed by atoms with E-state index in [0.717, 1.165) is 12.1 Å². The molecule has 1 heterocycles. The van der Waals surface area contributed by atoms with Crippen molar-refractivity contribution in [1.82, 2.24) is 15.4 Å². The number of alkyl halides is 3. The van der Waals surface area contributed by atoms with E-state index < -0.39 is 17.7 Å². The zero-order valence-electron chi connectivity index (χ0n) is 14.0. The average molecular weight is 377 g/mol. The predicted octanol–water partition coefficient (Wildman–Crippen LogP) is 4.04. The maximum Gasteiger partial charge on any atom is 0.416 e. The number of aromatic amines is 1. The van der Waals surface area contributed by atoms with E-state index in [1.165, 1.54) is 24.3 Å². The summed E-state index contributed by atoms with van der Waals surface area (Å²) in [6.07, 6.45) is -4.42. The minimum absolute atomic E-state index is 0.0831. The molecule has 27 heavy (non-hydrogen) atoms. The summed E-state index contributed by atoms with van der Waals surface area (Å²) >= 11 is 0. The smallest absolute Gasteiger partial charge is 0.416 e. The van der Waals surface area contributed by atoms with Crippen LogP contribution in [0.25, 0.3) is 22.4 Å². The van der Waals surface area contributed by atoms with Gasteiger partial charge in [-0.05, 0) is 42.3 Å². The number of phenols is 1. The number of esters is 1. The van der Waals surface area contributed by atoms with Crippen molar-refractivity contribution in [3.05, 3.63) is 53.7 Å². The van der Waals surface area contributed by atoms with Crippen LogP contribution in [0.5, 0.6) is 5.75 Å². The summed E-state index contributed by atoms with van der Waals surface area (Å²) < 4.78 is 43.0. The van der Waals surface area contributed by atoms with Gasteiger partial charge < -0.3 is 9.84 Å². The molecule has 1 aromatic heterocycles. The molecule has 140 valence electrons. The Hall–Kier alpha value is -3.36. The minimum Gasteiger partial charge on any atom is -0.507 e. The first kappa shape index (κ1) is 18.4. The molecule has 0 saturated carbocycles. The van der Waals surface area contributed by atoms with Crippen LogP contribution in [0.1, 0.15) is 23.0 Å². The molecular formula is C18H14F3N3O3. The summed E-state index contributed by atoms with van der Waals surface area (Å²) in [6.45, 7) is 1.78. The highest BCUT2D eigenvalue weighted by Crippen LogP contribution is 2.35. The van der Waals surface area contributed by atoms with Gasteiger partial charge in [0.05, 0.1) is 12.2 Å². The summed E-state index contributed by atoms with van der Waals surface area (Å²) in [5.41, 5.74) is 0.465.